The summed E-state index contributed by atoms with van der Waals surface area (Å²) in [5.41, 5.74) is 2.39. The minimum Gasteiger partial charge on any atom is -0.495 e. The van der Waals surface area contributed by atoms with Crippen LogP contribution in [-0.2, 0) is 16.4 Å². The topological polar surface area (TPSA) is 84.5 Å². The molecule has 0 aliphatic rings. The molecule has 0 fully saturated rings. The summed E-state index contributed by atoms with van der Waals surface area (Å²) in [4.78, 5) is 12.6. The van der Waals surface area contributed by atoms with Gasteiger partial charge in [0.15, 0.2) is 0 Å². The first kappa shape index (κ1) is 20.4. The number of para-hydroxylation sites is 2. The van der Waals surface area contributed by atoms with Crippen molar-refractivity contribution in [2.75, 3.05) is 17.1 Å². The lowest BCUT2D eigenvalue weighted by Crippen LogP contribution is -2.14. The van der Waals surface area contributed by atoms with Gasteiger partial charge in [0.1, 0.15) is 5.75 Å². The molecule has 0 aromatic heterocycles. The molecule has 3 aromatic carbocycles. The van der Waals surface area contributed by atoms with Crippen molar-refractivity contribution < 1.29 is 17.9 Å². The van der Waals surface area contributed by atoms with Crippen molar-refractivity contribution in [1.29, 1.82) is 0 Å². The second-order valence-corrected chi connectivity index (χ2v) is 8.02. The van der Waals surface area contributed by atoms with Gasteiger partial charge < -0.3 is 10.1 Å². The SMILES string of the molecule is CCc1ccc(S(=O)(=O)Nc2ccc(C(=O)Nc3ccccc3OC)cc2)cc1. The molecule has 0 heterocycles. The zero-order valence-electron chi connectivity index (χ0n) is 16.2. The van der Waals surface area contributed by atoms with Crippen molar-refractivity contribution in [3.05, 3.63) is 83.9 Å². The van der Waals surface area contributed by atoms with Crippen LogP contribution in [0, 0.1) is 0 Å². The number of hydrogen-bond donors (Lipinski definition) is 2. The zero-order chi connectivity index (χ0) is 20.9. The van der Waals surface area contributed by atoms with E-state index in [0.717, 1.165) is 12.0 Å². The number of nitrogens with one attached hydrogen (secondary N) is 2. The first-order valence-electron chi connectivity index (χ1n) is 9.09. The van der Waals surface area contributed by atoms with Crippen LogP contribution in [0.5, 0.6) is 5.75 Å². The molecular weight excluding hydrogens is 388 g/mol. The number of methoxy groups -OCH3 is 1. The number of carbonyl (C=O) groups excluding carboxylic acids is 1. The number of anilines is 2. The molecular formula is C22H22N2O4S. The Morgan fingerprint density at radius 2 is 1.59 bits per heavy atom. The van der Waals surface area contributed by atoms with E-state index in [9.17, 15) is 13.2 Å². The Balaban J connectivity index is 1.71. The van der Waals surface area contributed by atoms with Gasteiger partial charge in [0, 0.05) is 11.3 Å². The maximum Gasteiger partial charge on any atom is 0.261 e. The molecule has 0 aliphatic heterocycles. The number of rotatable bonds is 7. The number of amides is 1. The number of ether oxygens (including phenoxy) is 1. The smallest absolute Gasteiger partial charge is 0.261 e. The van der Waals surface area contributed by atoms with Crippen LogP contribution in [0.2, 0.25) is 0 Å². The van der Waals surface area contributed by atoms with Crippen LogP contribution in [0.25, 0.3) is 0 Å². The molecule has 0 aliphatic carbocycles. The minimum absolute atomic E-state index is 0.188. The standard InChI is InChI=1S/C22H22N2O4S/c1-3-16-8-14-19(15-9-16)29(26,27)24-18-12-10-17(11-13-18)22(25)23-20-6-4-5-7-21(20)28-2/h4-15,24H,3H2,1-2H3,(H,23,25). The Morgan fingerprint density at radius 3 is 2.21 bits per heavy atom. The molecule has 0 radical (unpaired) electrons. The molecule has 1 amide bonds. The van der Waals surface area contributed by atoms with E-state index in [1.54, 1.807) is 66.7 Å². The molecule has 150 valence electrons. The third kappa shape index (κ3) is 4.94. The van der Waals surface area contributed by atoms with Crippen LogP contribution in [0.3, 0.4) is 0 Å². The highest BCUT2D eigenvalue weighted by Gasteiger charge is 2.15. The van der Waals surface area contributed by atoms with Crippen LogP contribution in [0.15, 0.2) is 77.7 Å². The fourth-order valence-corrected chi connectivity index (χ4v) is 3.81. The van der Waals surface area contributed by atoms with Crippen molar-refractivity contribution in [3.8, 4) is 5.75 Å². The first-order valence-corrected chi connectivity index (χ1v) is 10.6. The molecule has 0 bridgehead atoms. The van der Waals surface area contributed by atoms with E-state index in [1.807, 2.05) is 13.0 Å². The van der Waals surface area contributed by atoms with E-state index in [4.69, 9.17) is 4.74 Å². The lowest BCUT2D eigenvalue weighted by atomic mass is 10.2. The highest BCUT2D eigenvalue weighted by atomic mass is 32.2. The minimum atomic E-state index is -3.70. The summed E-state index contributed by atoms with van der Waals surface area (Å²) in [7, 11) is -2.17. The van der Waals surface area contributed by atoms with Crippen LogP contribution in [-0.4, -0.2) is 21.4 Å². The van der Waals surface area contributed by atoms with Gasteiger partial charge in [-0.2, -0.15) is 0 Å². The summed E-state index contributed by atoms with van der Waals surface area (Å²) in [5.74, 6) is 0.235. The molecule has 0 unspecified atom stereocenters. The molecule has 29 heavy (non-hydrogen) atoms. The van der Waals surface area contributed by atoms with Crippen molar-refractivity contribution in [2.45, 2.75) is 18.2 Å². The number of sulfonamides is 1. The van der Waals surface area contributed by atoms with E-state index in [1.165, 1.54) is 7.11 Å². The maximum absolute atomic E-state index is 12.5. The van der Waals surface area contributed by atoms with Crippen molar-refractivity contribution in [1.82, 2.24) is 0 Å². The lowest BCUT2D eigenvalue weighted by molar-refractivity contribution is 0.102. The number of carbonyl (C=O) groups is 1. The Labute approximate surface area is 170 Å². The molecule has 0 atom stereocenters. The monoisotopic (exact) mass is 410 g/mol. The van der Waals surface area contributed by atoms with Crippen LogP contribution in [0.4, 0.5) is 11.4 Å². The van der Waals surface area contributed by atoms with E-state index < -0.39 is 10.0 Å². The fourth-order valence-electron chi connectivity index (χ4n) is 2.75. The van der Waals surface area contributed by atoms with Gasteiger partial charge in [0.25, 0.3) is 15.9 Å². The Morgan fingerprint density at radius 1 is 0.931 bits per heavy atom. The van der Waals surface area contributed by atoms with Gasteiger partial charge in [-0.05, 0) is 60.5 Å². The first-order chi connectivity index (χ1) is 13.9. The van der Waals surface area contributed by atoms with E-state index >= 15 is 0 Å². The molecule has 2 N–H and O–H groups in total. The second kappa shape index (κ2) is 8.79. The molecule has 7 heteroatoms. The Hall–Kier alpha value is -3.32. The number of benzene rings is 3. The van der Waals surface area contributed by atoms with Crippen LogP contribution >= 0.6 is 0 Å². The van der Waals surface area contributed by atoms with Crippen molar-refractivity contribution in [3.63, 3.8) is 0 Å². The zero-order valence-corrected chi connectivity index (χ0v) is 17.0. The highest BCUT2D eigenvalue weighted by Crippen LogP contribution is 2.24. The molecule has 0 saturated carbocycles. The average Bonchev–Trinajstić information content (AvgIpc) is 2.74. The van der Waals surface area contributed by atoms with Gasteiger partial charge in [-0.1, -0.05) is 31.2 Å². The van der Waals surface area contributed by atoms with Crippen LogP contribution < -0.4 is 14.8 Å². The third-order valence-electron chi connectivity index (χ3n) is 4.40. The van der Waals surface area contributed by atoms with Crippen LogP contribution in [0.1, 0.15) is 22.8 Å². The summed E-state index contributed by atoms with van der Waals surface area (Å²) >= 11 is 0. The van der Waals surface area contributed by atoms with Gasteiger partial charge in [-0.15, -0.1) is 0 Å². The maximum atomic E-state index is 12.5. The summed E-state index contributed by atoms with van der Waals surface area (Å²) < 4.78 is 32.8. The molecule has 6 nitrogen and oxygen atoms in total. The Kier molecular flexibility index (Phi) is 6.19. The summed E-state index contributed by atoms with van der Waals surface area (Å²) in [6.45, 7) is 2.01. The van der Waals surface area contributed by atoms with Gasteiger partial charge >= 0.3 is 0 Å². The number of hydrogen-bond acceptors (Lipinski definition) is 4. The molecule has 0 spiro atoms. The van der Waals surface area contributed by atoms with E-state index in [-0.39, 0.29) is 10.8 Å². The largest absolute Gasteiger partial charge is 0.495 e. The van der Waals surface area contributed by atoms with Crippen molar-refractivity contribution in [2.24, 2.45) is 0 Å². The second-order valence-electron chi connectivity index (χ2n) is 6.33. The summed E-state index contributed by atoms with van der Waals surface area (Å²) in [6, 6.07) is 20.1. The van der Waals surface area contributed by atoms with E-state index in [0.29, 0.717) is 22.7 Å². The fraction of sp³-hybridized carbons (Fsp3) is 0.136. The molecule has 3 rings (SSSR count). The van der Waals surface area contributed by atoms with Gasteiger partial charge in [0.05, 0.1) is 17.7 Å². The van der Waals surface area contributed by atoms with Gasteiger partial charge in [-0.25, -0.2) is 8.42 Å². The summed E-state index contributed by atoms with van der Waals surface area (Å²) in [5, 5.41) is 2.78. The third-order valence-corrected chi connectivity index (χ3v) is 5.79. The van der Waals surface area contributed by atoms with Gasteiger partial charge in [-0.3, -0.25) is 9.52 Å². The van der Waals surface area contributed by atoms with Gasteiger partial charge in [0.2, 0.25) is 0 Å². The number of aryl methyl sites for hydroxylation is 1. The quantitative estimate of drug-likeness (QED) is 0.608. The van der Waals surface area contributed by atoms with Crippen molar-refractivity contribution >= 4 is 27.3 Å². The van der Waals surface area contributed by atoms with E-state index in [2.05, 4.69) is 10.0 Å². The summed E-state index contributed by atoms with van der Waals surface area (Å²) in [6.07, 6.45) is 0.839. The normalized spacial score (nSPS) is 11.0. The lowest BCUT2D eigenvalue weighted by Gasteiger charge is -2.11. The molecule has 0 saturated heterocycles. The predicted molar refractivity (Wildman–Crippen MR) is 114 cm³/mol. The highest BCUT2D eigenvalue weighted by molar-refractivity contribution is 7.92. The Bertz CT molecular complexity index is 1090. The predicted octanol–water partition coefficient (Wildman–Crippen LogP) is 4.31. The average molecular weight is 410 g/mol. The molecule has 3 aromatic rings.